The lowest BCUT2D eigenvalue weighted by molar-refractivity contribution is -0.139. The summed E-state index contributed by atoms with van der Waals surface area (Å²) in [6.07, 6.45) is 1.64. The fourth-order valence-electron chi connectivity index (χ4n) is 3.10. The summed E-state index contributed by atoms with van der Waals surface area (Å²) in [6, 6.07) is 5.98. The van der Waals surface area contributed by atoms with Crippen molar-refractivity contribution in [1.82, 2.24) is 9.80 Å². The van der Waals surface area contributed by atoms with Crippen molar-refractivity contribution in [3.63, 3.8) is 0 Å². The van der Waals surface area contributed by atoms with Gasteiger partial charge in [-0.3, -0.25) is 14.5 Å². The number of carboxylic acid groups (broad SMARTS) is 1. The predicted molar refractivity (Wildman–Crippen MR) is 92.7 cm³/mol. The largest absolute Gasteiger partial charge is 0.480 e. The Morgan fingerprint density at radius 1 is 1.35 bits per heavy atom. The highest BCUT2D eigenvalue weighted by Crippen LogP contribution is 2.22. The molecule has 0 saturated carbocycles. The number of likely N-dealkylation sites (tertiary alicyclic amines) is 1. The number of benzene rings is 1. The second-order valence-corrected chi connectivity index (χ2v) is 6.86. The number of amides is 1. The summed E-state index contributed by atoms with van der Waals surface area (Å²) in [5.74, 6) is -0.737. The van der Waals surface area contributed by atoms with E-state index >= 15 is 0 Å². The third-order valence-electron chi connectivity index (χ3n) is 4.44. The molecule has 1 fully saturated rings. The minimum Gasteiger partial charge on any atom is -0.480 e. The molecule has 0 aromatic heterocycles. The number of hydrogen-bond acceptors (Lipinski definition) is 3. The number of carbonyl (C=O) groups excluding carboxylic acids is 1. The maximum absolute atomic E-state index is 12.7. The van der Waals surface area contributed by atoms with Crippen LogP contribution in [-0.2, 0) is 4.79 Å². The van der Waals surface area contributed by atoms with Crippen molar-refractivity contribution in [2.24, 2.45) is 0 Å². The molecule has 0 radical (unpaired) electrons. The normalized spacial score (nSPS) is 15.9. The van der Waals surface area contributed by atoms with Crippen LogP contribution in [-0.4, -0.2) is 59.0 Å². The van der Waals surface area contributed by atoms with Crippen molar-refractivity contribution < 1.29 is 14.7 Å². The molecule has 5 nitrogen and oxygen atoms in total. The van der Waals surface area contributed by atoms with E-state index in [1.54, 1.807) is 0 Å². The summed E-state index contributed by atoms with van der Waals surface area (Å²) < 4.78 is 0.903. The molecule has 2 rings (SSSR count). The number of rotatable bonds is 5. The van der Waals surface area contributed by atoms with E-state index in [1.807, 2.05) is 41.8 Å². The molecule has 1 aliphatic heterocycles. The van der Waals surface area contributed by atoms with Crippen LogP contribution in [0, 0.1) is 6.92 Å². The van der Waals surface area contributed by atoms with E-state index in [1.165, 1.54) is 0 Å². The number of aryl methyl sites for hydroxylation is 1. The Kier molecular flexibility index (Phi) is 6.18. The molecule has 23 heavy (non-hydrogen) atoms. The molecule has 0 atom stereocenters. The molecule has 6 heteroatoms. The van der Waals surface area contributed by atoms with Crippen molar-refractivity contribution in [1.29, 1.82) is 0 Å². The smallest absolute Gasteiger partial charge is 0.317 e. The Bertz CT molecular complexity index is 583. The zero-order chi connectivity index (χ0) is 17.0. The monoisotopic (exact) mass is 382 g/mol. The quantitative estimate of drug-likeness (QED) is 0.850. The Balaban J connectivity index is 1.99. The van der Waals surface area contributed by atoms with Gasteiger partial charge in [-0.1, -0.05) is 28.9 Å². The number of likely N-dealkylation sites (N-methyl/N-ethyl adjacent to an activating group) is 1. The molecule has 1 aromatic carbocycles. The highest BCUT2D eigenvalue weighted by molar-refractivity contribution is 9.10. The topological polar surface area (TPSA) is 60.9 Å². The lowest BCUT2D eigenvalue weighted by atomic mass is 10.0. The van der Waals surface area contributed by atoms with Crippen molar-refractivity contribution in [3.8, 4) is 0 Å². The minimum atomic E-state index is -0.796. The van der Waals surface area contributed by atoms with E-state index in [2.05, 4.69) is 15.9 Å². The van der Waals surface area contributed by atoms with E-state index in [9.17, 15) is 9.59 Å². The Labute approximate surface area is 145 Å². The molecular formula is C17H23BrN2O3. The summed E-state index contributed by atoms with van der Waals surface area (Å²) in [5.41, 5.74) is 1.71. The Morgan fingerprint density at radius 3 is 2.57 bits per heavy atom. The maximum Gasteiger partial charge on any atom is 0.317 e. The number of halogens is 1. The van der Waals surface area contributed by atoms with Crippen LogP contribution in [0.25, 0.3) is 0 Å². The second-order valence-electron chi connectivity index (χ2n) is 5.94. The third kappa shape index (κ3) is 4.54. The van der Waals surface area contributed by atoms with Crippen LogP contribution in [0.3, 0.4) is 0 Å². The van der Waals surface area contributed by atoms with Gasteiger partial charge in [0.05, 0.1) is 6.54 Å². The summed E-state index contributed by atoms with van der Waals surface area (Å²) >= 11 is 3.42. The number of hydrogen-bond donors (Lipinski definition) is 1. The number of aliphatic carboxylic acids is 1. The van der Waals surface area contributed by atoms with Crippen molar-refractivity contribution >= 4 is 27.8 Å². The fraction of sp³-hybridized carbons (Fsp3) is 0.529. The summed E-state index contributed by atoms with van der Waals surface area (Å²) in [6.45, 7) is 6.05. The number of piperidine rings is 1. The van der Waals surface area contributed by atoms with E-state index in [4.69, 9.17) is 5.11 Å². The SMILES string of the molecule is CCN(CC(=O)O)C1CCN(C(=O)c2cc(Br)ccc2C)CC1. The molecule has 1 heterocycles. The average Bonchev–Trinajstić information content (AvgIpc) is 2.54. The van der Waals surface area contributed by atoms with Gasteiger partial charge in [0.2, 0.25) is 0 Å². The van der Waals surface area contributed by atoms with Gasteiger partial charge in [0.1, 0.15) is 0 Å². The molecule has 1 aliphatic rings. The van der Waals surface area contributed by atoms with Gasteiger partial charge in [0, 0.05) is 29.2 Å². The average molecular weight is 383 g/mol. The standard InChI is InChI=1S/C17H23BrN2O3/c1-3-19(11-16(21)22)14-6-8-20(9-7-14)17(23)15-10-13(18)5-4-12(15)2/h4-5,10,14H,3,6-9,11H2,1-2H3,(H,21,22). The van der Waals surface area contributed by atoms with Gasteiger partial charge >= 0.3 is 5.97 Å². The number of carbonyl (C=O) groups is 2. The van der Waals surface area contributed by atoms with Gasteiger partial charge in [-0.05, 0) is 44.0 Å². The van der Waals surface area contributed by atoms with Crippen LogP contribution >= 0.6 is 15.9 Å². The lowest BCUT2D eigenvalue weighted by Crippen LogP contribution is -2.48. The van der Waals surface area contributed by atoms with Gasteiger partial charge < -0.3 is 10.0 Å². The van der Waals surface area contributed by atoms with Crippen LogP contribution in [0.15, 0.2) is 22.7 Å². The third-order valence-corrected chi connectivity index (χ3v) is 4.94. The minimum absolute atomic E-state index is 0.0588. The van der Waals surface area contributed by atoms with Gasteiger partial charge in [-0.2, -0.15) is 0 Å². The zero-order valence-corrected chi connectivity index (χ0v) is 15.2. The molecule has 0 aliphatic carbocycles. The second kappa shape index (κ2) is 7.93. The highest BCUT2D eigenvalue weighted by atomic mass is 79.9. The first-order valence-corrected chi connectivity index (χ1v) is 8.73. The summed E-state index contributed by atoms with van der Waals surface area (Å²) in [5, 5.41) is 8.98. The van der Waals surface area contributed by atoms with Gasteiger partial charge in [-0.15, -0.1) is 0 Å². The first-order valence-electron chi connectivity index (χ1n) is 7.93. The van der Waals surface area contributed by atoms with Crippen LogP contribution in [0.2, 0.25) is 0 Å². The van der Waals surface area contributed by atoms with Crippen molar-refractivity contribution in [2.45, 2.75) is 32.7 Å². The Morgan fingerprint density at radius 2 is 2.00 bits per heavy atom. The predicted octanol–water partition coefficient (Wildman–Crippen LogP) is 2.77. The molecule has 0 spiro atoms. The van der Waals surface area contributed by atoms with Gasteiger partial charge in [0.15, 0.2) is 0 Å². The first-order chi connectivity index (χ1) is 10.9. The van der Waals surface area contributed by atoms with Crippen LogP contribution in [0.4, 0.5) is 0 Å². The lowest BCUT2D eigenvalue weighted by Gasteiger charge is -2.37. The molecule has 1 amide bonds. The summed E-state index contributed by atoms with van der Waals surface area (Å²) in [7, 11) is 0. The maximum atomic E-state index is 12.7. The zero-order valence-electron chi connectivity index (χ0n) is 13.6. The molecule has 1 N–H and O–H groups in total. The Hall–Kier alpha value is -1.40. The molecule has 1 saturated heterocycles. The van der Waals surface area contributed by atoms with Crippen LogP contribution in [0.5, 0.6) is 0 Å². The van der Waals surface area contributed by atoms with E-state index in [0.29, 0.717) is 13.1 Å². The molecule has 126 valence electrons. The first kappa shape index (κ1) is 17.9. The van der Waals surface area contributed by atoms with Crippen molar-refractivity contribution in [3.05, 3.63) is 33.8 Å². The van der Waals surface area contributed by atoms with E-state index in [0.717, 1.165) is 35.0 Å². The highest BCUT2D eigenvalue weighted by Gasteiger charge is 2.28. The fourth-order valence-corrected chi connectivity index (χ4v) is 3.46. The van der Waals surface area contributed by atoms with E-state index in [-0.39, 0.29) is 18.5 Å². The van der Waals surface area contributed by atoms with E-state index < -0.39 is 5.97 Å². The van der Waals surface area contributed by atoms with Gasteiger partial charge in [0.25, 0.3) is 5.91 Å². The molecule has 1 aromatic rings. The molecule has 0 unspecified atom stereocenters. The van der Waals surface area contributed by atoms with Crippen LogP contribution in [0.1, 0.15) is 35.7 Å². The number of nitrogens with zero attached hydrogens (tertiary/aromatic N) is 2. The van der Waals surface area contributed by atoms with Gasteiger partial charge in [-0.25, -0.2) is 0 Å². The molecule has 0 bridgehead atoms. The van der Waals surface area contributed by atoms with Crippen LogP contribution < -0.4 is 0 Å². The molecular weight excluding hydrogens is 360 g/mol. The summed E-state index contributed by atoms with van der Waals surface area (Å²) in [4.78, 5) is 27.5. The number of carboxylic acids is 1. The van der Waals surface area contributed by atoms with Crippen molar-refractivity contribution in [2.75, 3.05) is 26.2 Å².